The average Bonchev–Trinajstić information content (AvgIpc) is 3.11. The number of methoxy groups -OCH3 is 2. The van der Waals surface area contributed by atoms with Gasteiger partial charge in [-0.25, -0.2) is 0 Å². The molecule has 1 heterocycles. The van der Waals surface area contributed by atoms with Crippen LogP contribution in [-0.2, 0) is 28.6 Å². The second-order valence-corrected chi connectivity index (χ2v) is 11.1. The van der Waals surface area contributed by atoms with Crippen LogP contribution in [0.2, 0.25) is 0 Å². The molecule has 184 valence electrons. The number of carbonyl (C=O) groups excluding carboxylic acids is 3. The lowest BCUT2D eigenvalue weighted by Crippen LogP contribution is -2.58. The average molecular weight is 461 g/mol. The van der Waals surface area contributed by atoms with E-state index in [0.717, 1.165) is 18.4 Å². The predicted octanol–water partition coefficient (Wildman–Crippen LogP) is 5.02. The van der Waals surface area contributed by atoms with Crippen molar-refractivity contribution in [2.24, 2.45) is 34.5 Å². The molecule has 6 nitrogen and oxygen atoms in total. The van der Waals surface area contributed by atoms with E-state index >= 15 is 0 Å². The Morgan fingerprint density at radius 1 is 1.15 bits per heavy atom. The molecule has 3 aliphatic rings. The molecule has 0 radical (unpaired) electrons. The Balaban J connectivity index is 2.17. The molecule has 0 N–H and O–H groups in total. The van der Waals surface area contributed by atoms with E-state index in [0.29, 0.717) is 30.6 Å². The molecular weight excluding hydrogens is 420 g/mol. The van der Waals surface area contributed by atoms with Crippen LogP contribution in [0.1, 0.15) is 73.6 Å². The molecule has 0 unspecified atom stereocenters. The first-order chi connectivity index (χ1) is 15.3. The third-order valence-corrected chi connectivity index (χ3v) is 9.48. The highest BCUT2D eigenvalue weighted by Crippen LogP contribution is 2.68. The Hall–Kier alpha value is -2.11. The topological polar surface area (TPSA) is 78.9 Å². The van der Waals surface area contributed by atoms with Gasteiger partial charge in [0.05, 0.1) is 14.2 Å². The van der Waals surface area contributed by atoms with Crippen molar-refractivity contribution in [2.75, 3.05) is 14.2 Å². The van der Waals surface area contributed by atoms with Crippen LogP contribution in [-0.4, -0.2) is 37.5 Å². The summed E-state index contributed by atoms with van der Waals surface area (Å²) in [7, 11) is 2.74. The molecule has 1 aliphatic heterocycles. The molecule has 1 saturated heterocycles. The summed E-state index contributed by atoms with van der Waals surface area (Å²) in [6.07, 6.45) is 3.52. The van der Waals surface area contributed by atoms with Crippen LogP contribution in [0.5, 0.6) is 0 Å². The maximum atomic E-state index is 13.2. The lowest BCUT2D eigenvalue weighted by Gasteiger charge is -2.57. The fourth-order valence-electron chi connectivity index (χ4n) is 7.27. The molecule has 0 aromatic carbocycles. The number of Topliss-reactive ketones (excluding diaryl/α,β-unsaturated/α-hetero) is 1. The zero-order chi connectivity index (χ0) is 24.9. The van der Waals surface area contributed by atoms with E-state index in [-0.39, 0.29) is 34.9 Å². The first-order valence-corrected chi connectivity index (χ1v) is 12.0. The number of esters is 2. The van der Waals surface area contributed by atoms with Crippen LogP contribution in [0.4, 0.5) is 0 Å². The first-order valence-electron chi connectivity index (χ1n) is 12.0. The summed E-state index contributed by atoms with van der Waals surface area (Å²) in [4.78, 5) is 38.0. The number of ether oxygens (including phenoxy) is 3. The number of rotatable bonds is 5. The smallest absolute Gasteiger partial charge is 0.316 e. The maximum Gasteiger partial charge on any atom is 0.316 e. The summed E-state index contributed by atoms with van der Waals surface area (Å²) < 4.78 is 17.0. The summed E-state index contributed by atoms with van der Waals surface area (Å²) in [5.41, 5.74) is 0.131. The van der Waals surface area contributed by atoms with Crippen molar-refractivity contribution in [3.05, 3.63) is 23.5 Å². The van der Waals surface area contributed by atoms with Gasteiger partial charge in [-0.2, -0.15) is 0 Å². The number of ketones is 1. The van der Waals surface area contributed by atoms with E-state index in [2.05, 4.69) is 34.3 Å². The van der Waals surface area contributed by atoms with Gasteiger partial charge in [-0.3, -0.25) is 14.4 Å². The number of carbonyl (C=O) groups is 3. The highest BCUT2D eigenvalue weighted by atomic mass is 16.5. The predicted molar refractivity (Wildman–Crippen MR) is 125 cm³/mol. The number of fused-ring (bicyclic) bond motifs is 1. The van der Waals surface area contributed by atoms with Gasteiger partial charge in [0, 0.05) is 29.2 Å². The third kappa shape index (κ3) is 3.55. The van der Waals surface area contributed by atoms with Crippen LogP contribution < -0.4 is 0 Å². The van der Waals surface area contributed by atoms with Crippen LogP contribution >= 0.6 is 0 Å². The first kappa shape index (κ1) is 25.5. The minimum Gasteiger partial charge on any atom is -0.490 e. The molecule has 0 aromatic rings. The van der Waals surface area contributed by atoms with Gasteiger partial charge in [-0.1, -0.05) is 39.8 Å². The SMILES string of the molecule is C=C(C)[C@@H]1CC[C@H](C)[C@@]2(C[C@@]3(C)C(=C(C)C(=O)[C@@H](C(=O)OC)[C@@H]3C)O2)[C@@]1(C)CCC(=O)OC. The van der Waals surface area contributed by atoms with E-state index in [1.807, 2.05) is 6.92 Å². The largest absolute Gasteiger partial charge is 0.490 e. The molecule has 0 bridgehead atoms. The van der Waals surface area contributed by atoms with Gasteiger partial charge >= 0.3 is 11.9 Å². The second-order valence-electron chi connectivity index (χ2n) is 11.1. The van der Waals surface area contributed by atoms with Gasteiger partial charge in [0.2, 0.25) is 0 Å². The zero-order valence-corrected chi connectivity index (χ0v) is 21.5. The second kappa shape index (κ2) is 8.59. The Morgan fingerprint density at radius 3 is 2.33 bits per heavy atom. The van der Waals surface area contributed by atoms with Crippen LogP contribution in [0.25, 0.3) is 0 Å². The number of hydrogen-bond donors (Lipinski definition) is 0. The Morgan fingerprint density at radius 2 is 1.79 bits per heavy atom. The van der Waals surface area contributed by atoms with Crippen molar-refractivity contribution in [1.29, 1.82) is 0 Å². The summed E-state index contributed by atoms with van der Waals surface area (Å²) in [6, 6.07) is 0. The standard InChI is InChI=1S/C27H40O6/c1-15(2)19-11-10-16(3)27(26(19,7)13-12-20(28)31-8)14-25(6)18(5)21(24(30)32-9)22(29)17(4)23(25)33-27/h16,18-19,21H,1,10-14H2,2-9H3/t16-,18-,19-,21-,25+,26-,27-/m0/s1. The number of allylic oxidation sites excluding steroid dienone is 3. The van der Waals surface area contributed by atoms with Gasteiger partial charge in [0.15, 0.2) is 5.78 Å². The molecule has 2 fully saturated rings. The molecule has 33 heavy (non-hydrogen) atoms. The molecule has 2 aliphatic carbocycles. The van der Waals surface area contributed by atoms with E-state index in [9.17, 15) is 14.4 Å². The van der Waals surface area contributed by atoms with E-state index < -0.39 is 22.9 Å². The fraction of sp³-hybridized carbons (Fsp3) is 0.741. The molecule has 3 rings (SSSR count). The molecular formula is C27H40O6. The maximum absolute atomic E-state index is 13.2. The third-order valence-electron chi connectivity index (χ3n) is 9.48. The molecule has 1 spiro atoms. The molecule has 7 atom stereocenters. The monoisotopic (exact) mass is 460 g/mol. The summed E-state index contributed by atoms with van der Waals surface area (Å²) in [5.74, 6) is -0.955. The van der Waals surface area contributed by atoms with Crippen LogP contribution in [0.3, 0.4) is 0 Å². The molecule has 0 aromatic heterocycles. The number of hydrogen-bond acceptors (Lipinski definition) is 6. The normalized spacial score (nSPS) is 40.3. The van der Waals surface area contributed by atoms with Crippen molar-refractivity contribution in [3.63, 3.8) is 0 Å². The van der Waals surface area contributed by atoms with E-state index in [1.54, 1.807) is 6.92 Å². The van der Waals surface area contributed by atoms with Gasteiger partial charge in [0.25, 0.3) is 0 Å². The van der Waals surface area contributed by atoms with Crippen LogP contribution in [0, 0.1) is 34.5 Å². The van der Waals surface area contributed by atoms with E-state index in [4.69, 9.17) is 14.2 Å². The molecule has 1 saturated carbocycles. The van der Waals surface area contributed by atoms with Gasteiger partial charge in [-0.05, 0) is 50.9 Å². The Kier molecular flexibility index (Phi) is 6.64. The lowest BCUT2D eigenvalue weighted by atomic mass is 9.48. The quantitative estimate of drug-likeness (QED) is 0.326. The van der Waals surface area contributed by atoms with Gasteiger partial charge in [0.1, 0.15) is 17.3 Å². The Bertz CT molecular complexity index is 902. The van der Waals surface area contributed by atoms with Crippen LogP contribution in [0.15, 0.2) is 23.5 Å². The zero-order valence-electron chi connectivity index (χ0n) is 21.5. The van der Waals surface area contributed by atoms with E-state index in [1.165, 1.54) is 14.2 Å². The van der Waals surface area contributed by atoms with Crippen molar-refractivity contribution >= 4 is 17.7 Å². The molecule has 0 amide bonds. The summed E-state index contributed by atoms with van der Waals surface area (Å²) >= 11 is 0. The lowest BCUT2D eigenvalue weighted by molar-refractivity contribution is -0.165. The fourth-order valence-corrected chi connectivity index (χ4v) is 7.27. The molecule has 6 heteroatoms. The van der Waals surface area contributed by atoms with Gasteiger partial charge in [-0.15, -0.1) is 0 Å². The highest BCUT2D eigenvalue weighted by molar-refractivity contribution is 6.09. The van der Waals surface area contributed by atoms with Gasteiger partial charge < -0.3 is 14.2 Å². The minimum atomic E-state index is -0.834. The van der Waals surface area contributed by atoms with Crippen molar-refractivity contribution in [1.82, 2.24) is 0 Å². The Labute approximate surface area is 198 Å². The van der Waals surface area contributed by atoms with Crippen molar-refractivity contribution < 1.29 is 28.6 Å². The van der Waals surface area contributed by atoms with Crippen molar-refractivity contribution in [3.8, 4) is 0 Å². The minimum absolute atomic E-state index is 0.172. The van der Waals surface area contributed by atoms with Crippen molar-refractivity contribution in [2.45, 2.75) is 79.2 Å². The summed E-state index contributed by atoms with van der Waals surface area (Å²) in [5, 5.41) is 0. The summed E-state index contributed by atoms with van der Waals surface area (Å²) in [6.45, 7) is 16.6. The highest BCUT2D eigenvalue weighted by Gasteiger charge is 2.69.